The summed E-state index contributed by atoms with van der Waals surface area (Å²) in [5.41, 5.74) is 1.50. The van der Waals surface area contributed by atoms with Gasteiger partial charge in [-0.25, -0.2) is 9.37 Å². The number of halogens is 1. The highest BCUT2D eigenvalue weighted by Crippen LogP contribution is 2.25. The lowest BCUT2D eigenvalue weighted by Gasteiger charge is -2.04. The third-order valence-electron chi connectivity index (χ3n) is 4.20. The van der Waals surface area contributed by atoms with Crippen molar-refractivity contribution in [2.24, 2.45) is 0 Å². The predicted octanol–water partition coefficient (Wildman–Crippen LogP) is 2.65. The van der Waals surface area contributed by atoms with Gasteiger partial charge < -0.3 is 10.1 Å². The van der Waals surface area contributed by atoms with Crippen molar-refractivity contribution in [2.75, 3.05) is 6.61 Å². The second-order valence-electron chi connectivity index (χ2n) is 6.49. The van der Waals surface area contributed by atoms with E-state index in [1.807, 2.05) is 12.1 Å². The molecule has 1 aromatic carbocycles. The predicted molar refractivity (Wildman–Crippen MR) is 111 cm³/mol. The van der Waals surface area contributed by atoms with E-state index < -0.39 is 0 Å². The Hall–Kier alpha value is -3.73. The van der Waals surface area contributed by atoms with Crippen LogP contribution < -0.4 is 10.1 Å². The number of aryl methyl sites for hydroxylation is 1. The van der Waals surface area contributed by atoms with Crippen molar-refractivity contribution >= 4 is 17.2 Å². The van der Waals surface area contributed by atoms with Crippen LogP contribution in [-0.4, -0.2) is 42.7 Å². The molecule has 0 atom stereocenters. The number of nitrogens with one attached hydrogen (secondary N) is 1. The Morgan fingerprint density at radius 1 is 1.26 bits per heavy atom. The number of hydrogen-bond donors (Lipinski definition) is 1. The van der Waals surface area contributed by atoms with Crippen LogP contribution in [-0.2, 0) is 13.1 Å². The second-order valence-corrected chi connectivity index (χ2v) is 7.49. The number of amides is 1. The first-order valence-electron chi connectivity index (χ1n) is 9.39. The zero-order valence-electron chi connectivity index (χ0n) is 16.5. The summed E-state index contributed by atoms with van der Waals surface area (Å²) in [7, 11) is 0. The maximum atomic E-state index is 12.9. The van der Waals surface area contributed by atoms with E-state index in [9.17, 15) is 9.18 Å². The first kappa shape index (κ1) is 20.5. The van der Waals surface area contributed by atoms with Gasteiger partial charge in [-0.1, -0.05) is 6.07 Å². The van der Waals surface area contributed by atoms with E-state index in [4.69, 9.17) is 4.74 Å². The highest BCUT2D eigenvalue weighted by atomic mass is 32.1. The van der Waals surface area contributed by atoms with Crippen LogP contribution >= 0.6 is 11.3 Å². The van der Waals surface area contributed by atoms with Gasteiger partial charge in [0.15, 0.2) is 5.01 Å². The molecule has 0 unspecified atom stereocenters. The summed E-state index contributed by atoms with van der Waals surface area (Å²) >= 11 is 1.21. The van der Waals surface area contributed by atoms with E-state index >= 15 is 0 Å². The van der Waals surface area contributed by atoms with Gasteiger partial charge in [0, 0.05) is 18.9 Å². The van der Waals surface area contributed by atoms with Gasteiger partial charge in [0.1, 0.15) is 23.1 Å². The van der Waals surface area contributed by atoms with Gasteiger partial charge in [0.05, 0.1) is 12.2 Å². The van der Waals surface area contributed by atoms with Crippen LogP contribution in [0.15, 0.2) is 48.8 Å². The van der Waals surface area contributed by atoms with Gasteiger partial charge in [-0.05, 0) is 48.0 Å². The first-order chi connectivity index (χ1) is 15.1. The molecule has 0 saturated heterocycles. The fourth-order valence-corrected chi connectivity index (χ4v) is 3.57. The van der Waals surface area contributed by atoms with Crippen LogP contribution in [0.25, 0.3) is 10.8 Å². The molecule has 0 fully saturated rings. The lowest BCUT2D eigenvalue weighted by Crippen LogP contribution is -2.22. The van der Waals surface area contributed by atoms with Crippen LogP contribution in [0.5, 0.6) is 5.75 Å². The van der Waals surface area contributed by atoms with Crippen molar-refractivity contribution in [1.82, 2.24) is 35.5 Å². The number of hydrogen-bond acceptors (Lipinski definition) is 8. The zero-order chi connectivity index (χ0) is 21.6. The monoisotopic (exact) mass is 439 g/mol. The molecular weight excluding hydrogens is 421 g/mol. The molecule has 11 heteroatoms. The van der Waals surface area contributed by atoms with Gasteiger partial charge in [-0.15, -0.1) is 21.5 Å². The molecule has 1 N–H and O–H groups in total. The molecular formula is C20H18FN7O2S. The summed E-state index contributed by atoms with van der Waals surface area (Å²) in [5, 5.41) is 15.7. The Morgan fingerprint density at radius 3 is 2.87 bits per heavy atom. The largest absolute Gasteiger partial charge is 0.492 e. The number of tetrazole rings is 1. The Labute approximate surface area is 180 Å². The topological polar surface area (TPSA) is 108 Å². The average molecular weight is 439 g/mol. The van der Waals surface area contributed by atoms with Gasteiger partial charge in [-0.3, -0.25) is 9.78 Å². The molecule has 0 spiro atoms. The van der Waals surface area contributed by atoms with Crippen LogP contribution in [0, 0.1) is 12.7 Å². The van der Waals surface area contributed by atoms with Crippen molar-refractivity contribution in [1.29, 1.82) is 0 Å². The Balaban J connectivity index is 1.35. The van der Waals surface area contributed by atoms with E-state index in [2.05, 4.69) is 30.7 Å². The van der Waals surface area contributed by atoms with Crippen molar-refractivity contribution < 1.29 is 13.9 Å². The summed E-state index contributed by atoms with van der Waals surface area (Å²) in [6, 6.07) is 9.47. The van der Waals surface area contributed by atoms with Gasteiger partial charge in [0.25, 0.3) is 5.91 Å². The Morgan fingerprint density at radius 2 is 2.10 bits per heavy atom. The molecule has 0 aliphatic carbocycles. The fourth-order valence-electron chi connectivity index (χ4n) is 2.67. The summed E-state index contributed by atoms with van der Waals surface area (Å²) in [6.07, 6.45) is 3.38. The molecule has 0 aliphatic rings. The maximum Gasteiger partial charge on any atom is 0.263 e. The fraction of sp³-hybridized carbons (Fsp3) is 0.200. The standard InChI is InChI=1S/C20H18FN7O2S/c1-13-17(19(29)23-12-14-3-2-8-22-11-14)31-20(24-13)18-25-27-28(26-18)9-10-30-16-6-4-15(21)5-7-16/h2-8,11H,9-10,12H2,1H3,(H,23,29). The number of benzene rings is 1. The molecule has 158 valence electrons. The van der Waals surface area contributed by atoms with Crippen LogP contribution in [0.3, 0.4) is 0 Å². The smallest absolute Gasteiger partial charge is 0.263 e. The molecule has 0 saturated carbocycles. The zero-order valence-corrected chi connectivity index (χ0v) is 17.3. The third-order valence-corrected chi connectivity index (χ3v) is 5.35. The number of ether oxygens (including phenoxy) is 1. The van der Waals surface area contributed by atoms with E-state index in [1.165, 1.54) is 28.3 Å². The SMILES string of the molecule is Cc1nc(-c2nnn(CCOc3ccc(F)cc3)n2)sc1C(=O)NCc1cccnc1. The van der Waals surface area contributed by atoms with Gasteiger partial charge in [0.2, 0.25) is 5.82 Å². The molecule has 9 nitrogen and oxygen atoms in total. The highest BCUT2D eigenvalue weighted by molar-refractivity contribution is 7.17. The molecule has 4 aromatic rings. The van der Waals surface area contributed by atoms with Crippen molar-refractivity contribution in [3.8, 4) is 16.6 Å². The van der Waals surface area contributed by atoms with Crippen molar-refractivity contribution in [2.45, 2.75) is 20.0 Å². The van der Waals surface area contributed by atoms with Crippen LogP contribution in [0.1, 0.15) is 20.9 Å². The third kappa shape index (κ3) is 5.25. The van der Waals surface area contributed by atoms with E-state index in [0.717, 1.165) is 5.56 Å². The number of carbonyl (C=O) groups excluding carboxylic acids is 1. The normalized spacial score (nSPS) is 10.8. The first-order valence-corrected chi connectivity index (χ1v) is 10.2. The minimum atomic E-state index is -0.321. The molecule has 4 rings (SSSR count). The highest BCUT2D eigenvalue weighted by Gasteiger charge is 2.19. The summed E-state index contributed by atoms with van der Waals surface area (Å²) in [4.78, 5) is 22.8. The molecule has 3 aromatic heterocycles. The van der Waals surface area contributed by atoms with E-state index in [0.29, 0.717) is 46.8 Å². The minimum Gasteiger partial charge on any atom is -0.492 e. The summed E-state index contributed by atoms with van der Waals surface area (Å²) in [5.74, 6) is 0.351. The number of pyridine rings is 1. The van der Waals surface area contributed by atoms with Crippen LogP contribution in [0.4, 0.5) is 4.39 Å². The number of aromatic nitrogens is 6. The number of carbonyl (C=O) groups is 1. The van der Waals surface area contributed by atoms with E-state index in [-0.39, 0.29) is 11.7 Å². The quantitative estimate of drug-likeness (QED) is 0.450. The lowest BCUT2D eigenvalue weighted by molar-refractivity contribution is 0.0954. The summed E-state index contributed by atoms with van der Waals surface area (Å²) in [6.45, 7) is 2.79. The Bertz CT molecular complexity index is 1160. The maximum absolute atomic E-state index is 12.9. The molecule has 3 heterocycles. The van der Waals surface area contributed by atoms with Crippen molar-refractivity contribution in [3.63, 3.8) is 0 Å². The average Bonchev–Trinajstić information content (AvgIpc) is 3.41. The van der Waals surface area contributed by atoms with E-state index in [1.54, 1.807) is 31.5 Å². The molecule has 31 heavy (non-hydrogen) atoms. The molecule has 0 radical (unpaired) electrons. The number of rotatable bonds is 8. The second kappa shape index (κ2) is 9.39. The minimum absolute atomic E-state index is 0.217. The molecule has 0 bridgehead atoms. The van der Waals surface area contributed by atoms with Gasteiger partial charge in [-0.2, -0.15) is 4.80 Å². The lowest BCUT2D eigenvalue weighted by atomic mass is 10.3. The van der Waals surface area contributed by atoms with Gasteiger partial charge >= 0.3 is 0 Å². The summed E-state index contributed by atoms with van der Waals surface area (Å²) < 4.78 is 18.5. The Kier molecular flexibility index (Phi) is 6.22. The number of thiazole rings is 1. The van der Waals surface area contributed by atoms with Crippen molar-refractivity contribution in [3.05, 3.63) is 70.7 Å². The molecule has 0 aliphatic heterocycles. The molecule has 1 amide bonds. The number of nitrogens with zero attached hydrogens (tertiary/aromatic N) is 6. The van der Waals surface area contributed by atoms with Crippen LogP contribution in [0.2, 0.25) is 0 Å².